The van der Waals surface area contributed by atoms with Gasteiger partial charge >= 0.3 is 0 Å². The third-order valence-corrected chi connectivity index (χ3v) is 3.25. The predicted molar refractivity (Wildman–Crippen MR) is 67.8 cm³/mol. The highest BCUT2D eigenvalue weighted by molar-refractivity contribution is 7.99. The maximum absolute atomic E-state index is 5.10. The van der Waals surface area contributed by atoms with E-state index >= 15 is 0 Å². The zero-order chi connectivity index (χ0) is 12.0. The molecule has 0 aromatic carbocycles. The molecule has 0 aliphatic carbocycles. The standard InChI is InChI=1S/C12H18N2OS/c1-5-6-9-16-12-13-10(2)11(3)14(12)7-8-15-4/h7-9H2,1-4H3. The Morgan fingerprint density at radius 1 is 1.44 bits per heavy atom. The molecule has 3 nitrogen and oxygen atoms in total. The minimum atomic E-state index is 0.712. The Bertz CT molecular complexity index is 401. The molecule has 1 aromatic heterocycles. The summed E-state index contributed by atoms with van der Waals surface area (Å²) in [5.74, 6) is 6.72. The van der Waals surface area contributed by atoms with Crippen molar-refractivity contribution in [3.05, 3.63) is 11.4 Å². The Morgan fingerprint density at radius 2 is 2.19 bits per heavy atom. The lowest BCUT2D eigenvalue weighted by molar-refractivity contribution is 0.184. The quantitative estimate of drug-likeness (QED) is 0.581. The third kappa shape index (κ3) is 3.29. The summed E-state index contributed by atoms with van der Waals surface area (Å²) < 4.78 is 7.30. The lowest BCUT2D eigenvalue weighted by Gasteiger charge is -2.07. The SMILES string of the molecule is CC#CCSc1nc(C)c(C)n1CCOC. The fourth-order valence-corrected chi connectivity index (χ4v) is 2.28. The zero-order valence-corrected chi connectivity index (χ0v) is 11.1. The molecule has 1 heterocycles. The first-order chi connectivity index (χ1) is 7.70. The first-order valence-corrected chi connectivity index (χ1v) is 6.24. The van der Waals surface area contributed by atoms with Crippen molar-refractivity contribution in [1.29, 1.82) is 0 Å². The van der Waals surface area contributed by atoms with Gasteiger partial charge in [0.1, 0.15) is 0 Å². The van der Waals surface area contributed by atoms with Crippen LogP contribution in [-0.4, -0.2) is 29.0 Å². The van der Waals surface area contributed by atoms with Crippen LogP contribution in [0.1, 0.15) is 18.3 Å². The van der Waals surface area contributed by atoms with Crippen LogP contribution in [0.25, 0.3) is 0 Å². The summed E-state index contributed by atoms with van der Waals surface area (Å²) in [5.41, 5.74) is 2.30. The lowest BCUT2D eigenvalue weighted by Crippen LogP contribution is -2.07. The number of aryl methyl sites for hydroxylation is 1. The van der Waals surface area contributed by atoms with E-state index in [2.05, 4.69) is 28.3 Å². The van der Waals surface area contributed by atoms with Gasteiger partial charge in [-0.05, 0) is 20.8 Å². The maximum Gasteiger partial charge on any atom is 0.169 e. The summed E-state index contributed by atoms with van der Waals surface area (Å²) in [6.07, 6.45) is 0. The van der Waals surface area contributed by atoms with Crippen LogP contribution >= 0.6 is 11.8 Å². The highest BCUT2D eigenvalue weighted by atomic mass is 32.2. The largest absolute Gasteiger partial charge is 0.383 e. The highest BCUT2D eigenvalue weighted by Gasteiger charge is 2.10. The summed E-state index contributed by atoms with van der Waals surface area (Å²) in [4.78, 5) is 4.54. The molecule has 1 aromatic rings. The molecule has 0 fully saturated rings. The molecule has 0 aliphatic rings. The van der Waals surface area contributed by atoms with Gasteiger partial charge in [-0.1, -0.05) is 17.7 Å². The maximum atomic E-state index is 5.10. The average Bonchev–Trinajstić information content (AvgIpc) is 2.53. The first-order valence-electron chi connectivity index (χ1n) is 5.25. The molecule has 0 saturated carbocycles. The molecular formula is C12H18N2OS. The molecule has 0 saturated heterocycles. The minimum Gasteiger partial charge on any atom is -0.383 e. The predicted octanol–water partition coefficient (Wildman–Crippen LogP) is 2.26. The van der Waals surface area contributed by atoms with Gasteiger partial charge in [-0.3, -0.25) is 0 Å². The van der Waals surface area contributed by atoms with Crippen LogP contribution in [0, 0.1) is 25.7 Å². The molecule has 0 bridgehead atoms. The Kier molecular flexibility index (Phi) is 5.44. The Hall–Kier alpha value is -0.920. The molecule has 1 rings (SSSR count). The van der Waals surface area contributed by atoms with E-state index < -0.39 is 0 Å². The van der Waals surface area contributed by atoms with Gasteiger partial charge in [0.15, 0.2) is 5.16 Å². The lowest BCUT2D eigenvalue weighted by atomic mass is 10.4. The first kappa shape index (κ1) is 13.1. The van der Waals surface area contributed by atoms with Crippen LogP contribution in [0.15, 0.2) is 5.16 Å². The molecule has 0 unspecified atom stereocenters. The van der Waals surface area contributed by atoms with Crippen molar-refractivity contribution in [2.45, 2.75) is 32.5 Å². The topological polar surface area (TPSA) is 27.1 Å². The molecule has 88 valence electrons. The third-order valence-electron chi connectivity index (χ3n) is 2.39. The fourth-order valence-electron chi connectivity index (χ4n) is 1.35. The molecule has 0 radical (unpaired) electrons. The smallest absolute Gasteiger partial charge is 0.169 e. The van der Waals surface area contributed by atoms with E-state index in [1.54, 1.807) is 18.9 Å². The van der Waals surface area contributed by atoms with Gasteiger partial charge in [0.2, 0.25) is 0 Å². The van der Waals surface area contributed by atoms with Gasteiger partial charge in [-0.2, -0.15) is 0 Å². The van der Waals surface area contributed by atoms with E-state index in [9.17, 15) is 0 Å². The Labute approximate surface area is 102 Å². The van der Waals surface area contributed by atoms with Crippen LogP contribution in [0.5, 0.6) is 0 Å². The van der Waals surface area contributed by atoms with Gasteiger partial charge in [0.25, 0.3) is 0 Å². The number of methoxy groups -OCH3 is 1. The molecule has 16 heavy (non-hydrogen) atoms. The molecular weight excluding hydrogens is 220 g/mol. The van der Waals surface area contributed by atoms with Gasteiger partial charge in [-0.15, -0.1) is 5.92 Å². The number of thioether (sulfide) groups is 1. The van der Waals surface area contributed by atoms with Crippen molar-refractivity contribution in [2.24, 2.45) is 0 Å². The minimum absolute atomic E-state index is 0.712. The van der Waals surface area contributed by atoms with E-state index in [4.69, 9.17) is 4.74 Å². The number of nitrogens with zero attached hydrogens (tertiary/aromatic N) is 2. The van der Waals surface area contributed by atoms with Crippen molar-refractivity contribution in [3.8, 4) is 11.8 Å². The number of rotatable bonds is 5. The van der Waals surface area contributed by atoms with Gasteiger partial charge < -0.3 is 9.30 Å². The van der Waals surface area contributed by atoms with Gasteiger partial charge in [-0.25, -0.2) is 4.98 Å². The number of ether oxygens (including phenoxy) is 1. The van der Waals surface area contributed by atoms with E-state index in [1.807, 2.05) is 13.8 Å². The van der Waals surface area contributed by atoms with Crippen LogP contribution in [0.2, 0.25) is 0 Å². The van der Waals surface area contributed by atoms with E-state index in [-0.39, 0.29) is 0 Å². The molecule has 0 spiro atoms. The molecule has 0 atom stereocenters. The number of hydrogen-bond acceptors (Lipinski definition) is 3. The fraction of sp³-hybridized carbons (Fsp3) is 0.583. The Morgan fingerprint density at radius 3 is 2.81 bits per heavy atom. The second-order valence-electron chi connectivity index (χ2n) is 3.43. The number of hydrogen-bond donors (Lipinski definition) is 0. The number of aromatic nitrogens is 2. The molecule has 0 amide bonds. The summed E-state index contributed by atoms with van der Waals surface area (Å²) in [7, 11) is 1.72. The van der Waals surface area contributed by atoms with E-state index in [1.165, 1.54) is 5.69 Å². The van der Waals surface area contributed by atoms with Gasteiger partial charge in [0, 0.05) is 19.3 Å². The van der Waals surface area contributed by atoms with Gasteiger partial charge in [0.05, 0.1) is 18.1 Å². The summed E-state index contributed by atoms with van der Waals surface area (Å²) in [6.45, 7) is 7.55. The van der Waals surface area contributed by atoms with E-state index in [0.717, 1.165) is 23.1 Å². The second-order valence-corrected chi connectivity index (χ2v) is 4.37. The van der Waals surface area contributed by atoms with Crippen LogP contribution in [-0.2, 0) is 11.3 Å². The van der Waals surface area contributed by atoms with Crippen molar-refractivity contribution in [3.63, 3.8) is 0 Å². The van der Waals surface area contributed by atoms with Crippen molar-refractivity contribution in [2.75, 3.05) is 19.5 Å². The summed E-state index contributed by atoms with van der Waals surface area (Å²) in [6, 6.07) is 0. The normalized spacial score (nSPS) is 10.0. The highest BCUT2D eigenvalue weighted by Crippen LogP contribution is 2.20. The molecule has 0 aliphatic heterocycles. The zero-order valence-electron chi connectivity index (χ0n) is 10.3. The van der Waals surface area contributed by atoms with Crippen LogP contribution < -0.4 is 0 Å². The van der Waals surface area contributed by atoms with Crippen LogP contribution in [0.4, 0.5) is 0 Å². The summed E-state index contributed by atoms with van der Waals surface area (Å²) in [5, 5.41) is 1.04. The monoisotopic (exact) mass is 238 g/mol. The molecule has 4 heteroatoms. The van der Waals surface area contributed by atoms with Crippen molar-refractivity contribution < 1.29 is 4.74 Å². The number of imidazole rings is 1. The van der Waals surface area contributed by atoms with Crippen molar-refractivity contribution in [1.82, 2.24) is 9.55 Å². The average molecular weight is 238 g/mol. The van der Waals surface area contributed by atoms with E-state index in [0.29, 0.717) is 6.61 Å². The molecule has 0 N–H and O–H groups in total. The Balaban J connectivity index is 2.79. The summed E-state index contributed by atoms with van der Waals surface area (Å²) >= 11 is 1.68. The van der Waals surface area contributed by atoms with Crippen molar-refractivity contribution >= 4 is 11.8 Å². The van der Waals surface area contributed by atoms with Crippen LogP contribution in [0.3, 0.4) is 0 Å². The second kappa shape index (κ2) is 6.62.